The molecule has 34 heavy (non-hydrogen) atoms. The molecule has 2 aromatic rings. The minimum absolute atomic E-state index is 0. The Hall–Kier alpha value is -1.32. The van der Waals surface area contributed by atoms with E-state index < -0.39 is 26.3 Å². The molecule has 0 radical (unpaired) electrons. The Kier molecular flexibility index (Phi) is 8.30. The lowest BCUT2D eigenvalue weighted by Gasteiger charge is -2.45. The minimum atomic E-state index is -4.52. The number of likely N-dealkylation sites (tertiary alicyclic amines) is 1. The third-order valence-electron chi connectivity index (χ3n) is 7.23. The monoisotopic (exact) mass is 536 g/mol. The first-order valence-corrected chi connectivity index (χ1v) is 13.1. The summed E-state index contributed by atoms with van der Waals surface area (Å²) in [6.45, 7) is 1.82. The summed E-state index contributed by atoms with van der Waals surface area (Å²) >= 11 is 6.05. The molecule has 0 bridgehead atoms. The van der Waals surface area contributed by atoms with Gasteiger partial charge in [0, 0.05) is 17.1 Å². The van der Waals surface area contributed by atoms with E-state index in [2.05, 4.69) is 4.90 Å². The van der Waals surface area contributed by atoms with Gasteiger partial charge in [-0.3, -0.25) is 0 Å². The molecule has 1 saturated carbocycles. The third kappa shape index (κ3) is 5.26. The molecule has 1 heterocycles. The summed E-state index contributed by atoms with van der Waals surface area (Å²) in [5.74, 6) is 0. The lowest BCUT2D eigenvalue weighted by Crippen LogP contribution is -2.49. The number of halogens is 5. The van der Waals surface area contributed by atoms with Crippen LogP contribution in [0.4, 0.5) is 13.2 Å². The Labute approximate surface area is 210 Å². The van der Waals surface area contributed by atoms with Gasteiger partial charge in [0.25, 0.3) is 0 Å². The highest BCUT2D eigenvalue weighted by Gasteiger charge is 2.49. The van der Waals surface area contributed by atoms with Crippen LogP contribution < -0.4 is 5.73 Å². The summed E-state index contributed by atoms with van der Waals surface area (Å²) in [6, 6.07) is 11.1. The van der Waals surface area contributed by atoms with Gasteiger partial charge in [0.05, 0.1) is 10.5 Å². The van der Waals surface area contributed by atoms with Crippen LogP contribution in [-0.4, -0.2) is 38.5 Å². The van der Waals surface area contributed by atoms with E-state index in [-0.39, 0.29) is 29.4 Å². The molecule has 1 saturated heterocycles. The molecule has 1 aliphatic carbocycles. The van der Waals surface area contributed by atoms with Crippen molar-refractivity contribution in [3.8, 4) is 0 Å². The van der Waals surface area contributed by atoms with Gasteiger partial charge in [-0.05, 0) is 93.6 Å². The Balaban J connectivity index is 0.00000324. The van der Waals surface area contributed by atoms with Gasteiger partial charge in [-0.25, -0.2) is 8.42 Å². The summed E-state index contributed by atoms with van der Waals surface area (Å²) < 4.78 is 65.7. The Morgan fingerprint density at radius 2 is 1.44 bits per heavy atom. The molecule has 2 N–H and O–H groups in total. The molecular formula is C24H29Cl2F3N2O2S. The van der Waals surface area contributed by atoms with Crippen LogP contribution in [0.25, 0.3) is 0 Å². The van der Waals surface area contributed by atoms with Gasteiger partial charge in [0.1, 0.15) is 4.75 Å². The molecule has 4 rings (SSSR count). The van der Waals surface area contributed by atoms with Gasteiger partial charge in [0.2, 0.25) is 0 Å². The van der Waals surface area contributed by atoms with Crippen molar-refractivity contribution in [3.05, 3.63) is 64.7 Å². The molecule has 2 fully saturated rings. The zero-order chi connectivity index (χ0) is 23.9. The predicted octanol–water partition coefficient (Wildman–Crippen LogP) is 5.82. The average Bonchev–Trinajstić information content (AvgIpc) is 2.79. The molecule has 188 valence electrons. The second-order valence-corrected chi connectivity index (χ2v) is 11.8. The van der Waals surface area contributed by atoms with Crippen LogP contribution in [0.5, 0.6) is 0 Å². The number of nitrogens with two attached hydrogens (primary N) is 1. The van der Waals surface area contributed by atoms with E-state index in [1.54, 1.807) is 24.3 Å². The van der Waals surface area contributed by atoms with Crippen molar-refractivity contribution in [1.82, 2.24) is 4.90 Å². The second-order valence-electron chi connectivity index (χ2n) is 9.13. The molecule has 0 atom stereocenters. The predicted molar refractivity (Wildman–Crippen MR) is 130 cm³/mol. The molecule has 10 heteroatoms. The van der Waals surface area contributed by atoms with Crippen molar-refractivity contribution in [3.63, 3.8) is 0 Å². The van der Waals surface area contributed by atoms with Crippen LogP contribution in [0.1, 0.15) is 49.7 Å². The van der Waals surface area contributed by atoms with Gasteiger partial charge >= 0.3 is 6.18 Å². The van der Waals surface area contributed by atoms with E-state index >= 15 is 0 Å². The summed E-state index contributed by atoms with van der Waals surface area (Å²) in [6.07, 6.45) is -0.484. The Morgan fingerprint density at radius 3 is 1.94 bits per heavy atom. The van der Waals surface area contributed by atoms with Gasteiger partial charge < -0.3 is 10.6 Å². The van der Waals surface area contributed by atoms with Gasteiger partial charge in [0.15, 0.2) is 9.84 Å². The van der Waals surface area contributed by atoms with E-state index in [4.69, 9.17) is 17.3 Å². The van der Waals surface area contributed by atoms with E-state index in [0.29, 0.717) is 36.3 Å². The van der Waals surface area contributed by atoms with E-state index in [9.17, 15) is 21.6 Å². The fourth-order valence-corrected chi connectivity index (χ4v) is 7.52. The first-order valence-electron chi connectivity index (χ1n) is 11.2. The number of hydrogen-bond acceptors (Lipinski definition) is 4. The Bertz CT molecular complexity index is 1060. The fraction of sp³-hybridized carbons (Fsp3) is 0.500. The summed E-state index contributed by atoms with van der Waals surface area (Å²) in [7, 11) is -3.96. The second kappa shape index (κ2) is 10.3. The lowest BCUT2D eigenvalue weighted by molar-refractivity contribution is -0.137. The number of hydrogen-bond donors (Lipinski definition) is 1. The number of rotatable bonds is 4. The van der Waals surface area contributed by atoms with E-state index in [1.807, 2.05) is 0 Å². The normalized spacial score (nSPS) is 25.0. The van der Waals surface area contributed by atoms with Gasteiger partial charge in [-0.15, -0.1) is 12.4 Å². The van der Waals surface area contributed by atoms with Gasteiger partial charge in [-0.2, -0.15) is 13.2 Å². The SMILES string of the molecule is Cl.NC1CCN(C2CCC(c3ccc(Cl)cc3)(S(=O)(=O)c3ccc(C(F)(F)F)cc3)CC2)CC1. The molecule has 1 aliphatic heterocycles. The quantitative estimate of drug-likeness (QED) is 0.535. The summed E-state index contributed by atoms with van der Waals surface area (Å²) in [5, 5.41) is 0.499. The maximum absolute atomic E-state index is 13.9. The molecule has 0 aromatic heterocycles. The zero-order valence-electron chi connectivity index (χ0n) is 18.6. The zero-order valence-corrected chi connectivity index (χ0v) is 21.0. The van der Waals surface area contributed by atoms with Crippen LogP contribution in [0, 0.1) is 0 Å². The highest BCUT2D eigenvalue weighted by molar-refractivity contribution is 7.92. The largest absolute Gasteiger partial charge is 0.416 e. The molecule has 0 spiro atoms. The van der Waals surface area contributed by atoms with Crippen LogP contribution in [0.2, 0.25) is 5.02 Å². The molecule has 4 nitrogen and oxygen atoms in total. The molecule has 0 amide bonds. The van der Waals surface area contributed by atoms with Crippen molar-refractivity contribution in [2.75, 3.05) is 13.1 Å². The number of nitrogens with zero attached hydrogens (tertiary/aromatic N) is 1. The first-order chi connectivity index (χ1) is 15.5. The van der Waals surface area contributed by atoms with Crippen molar-refractivity contribution < 1.29 is 21.6 Å². The number of sulfone groups is 1. The van der Waals surface area contributed by atoms with E-state index in [0.717, 1.165) is 50.2 Å². The van der Waals surface area contributed by atoms with Crippen LogP contribution >= 0.6 is 24.0 Å². The fourth-order valence-electron chi connectivity index (χ4n) is 5.23. The number of benzene rings is 2. The van der Waals surface area contributed by atoms with Crippen molar-refractivity contribution in [2.24, 2.45) is 5.73 Å². The van der Waals surface area contributed by atoms with Crippen molar-refractivity contribution in [1.29, 1.82) is 0 Å². The number of alkyl halides is 3. The Morgan fingerprint density at radius 1 is 0.912 bits per heavy atom. The average molecular weight is 537 g/mol. The summed E-state index contributed by atoms with van der Waals surface area (Å²) in [4.78, 5) is 2.31. The van der Waals surface area contributed by atoms with E-state index in [1.165, 1.54) is 0 Å². The highest BCUT2D eigenvalue weighted by Crippen LogP contribution is 2.48. The van der Waals surface area contributed by atoms with Crippen molar-refractivity contribution in [2.45, 2.75) is 66.4 Å². The summed E-state index contributed by atoms with van der Waals surface area (Å²) in [5.41, 5.74) is 5.79. The van der Waals surface area contributed by atoms with Crippen LogP contribution in [-0.2, 0) is 20.8 Å². The molecule has 2 aromatic carbocycles. The molecule has 2 aliphatic rings. The van der Waals surface area contributed by atoms with Crippen molar-refractivity contribution >= 4 is 33.8 Å². The van der Waals surface area contributed by atoms with Crippen LogP contribution in [0.3, 0.4) is 0 Å². The maximum atomic E-state index is 13.9. The minimum Gasteiger partial charge on any atom is -0.328 e. The number of piperidine rings is 1. The highest BCUT2D eigenvalue weighted by atomic mass is 35.5. The standard InChI is InChI=1S/C24H28ClF3N2O2S.ClH/c25-19-5-1-17(2-6-19)23(13-9-21(10-14-23)30-15-11-20(29)12-16-30)33(31,32)22-7-3-18(4-8-22)24(26,27)28;/h1-8,20-21H,9-16,29H2;1H. The smallest absolute Gasteiger partial charge is 0.328 e. The topological polar surface area (TPSA) is 63.4 Å². The van der Waals surface area contributed by atoms with Crippen LogP contribution in [0.15, 0.2) is 53.4 Å². The van der Waals surface area contributed by atoms with Gasteiger partial charge in [-0.1, -0.05) is 23.7 Å². The molecular weight excluding hydrogens is 508 g/mol. The third-order valence-corrected chi connectivity index (χ3v) is 10.0. The molecule has 0 unspecified atom stereocenters. The lowest BCUT2D eigenvalue weighted by atomic mass is 9.80. The first kappa shape index (κ1) is 27.3. The maximum Gasteiger partial charge on any atom is 0.416 e.